The molecule has 0 N–H and O–H groups in total. The molecule has 2 aromatic heterocycles. The SMILES string of the molecule is O=Cc1nccc2cc(Br)sc12. The van der Waals surface area contributed by atoms with E-state index in [0.717, 1.165) is 20.2 Å². The number of aromatic nitrogens is 1. The second kappa shape index (κ2) is 2.95. The molecule has 0 aliphatic carbocycles. The minimum Gasteiger partial charge on any atom is -0.296 e. The highest BCUT2D eigenvalue weighted by Crippen LogP contribution is 2.30. The van der Waals surface area contributed by atoms with Crippen molar-refractivity contribution in [2.24, 2.45) is 0 Å². The standard InChI is InChI=1S/C8H4BrNOS/c9-7-3-5-1-2-10-6(4-11)8(5)12-7/h1-4H. The lowest BCUT2D eigenvalue weighted by atomic mass is 10.3. The molecule has 2 heterocycles. The van der Waals surface area contributed by atoms with Crippen LogP contribution >= 0.6 is 27.3 Å². The van der Waals surface area contributed by atoms with Crippen molar-refractivity contribution in [1.29, 1.82) is 0 Å². The van der Waals surface area contributed by atoms with Gasteiger partial charge in [-0.25, -0.2) is 0 Å². The molecule has 0 radical (unpaired) electrons. The van der Waals surface area contributed by atoms with Gasteiger partial charge in [-0.15, -0.1) is 11.3 Å². The van der Waals surface area contributed by atoms with Crippen molar-refractivity contribution >= 4 is 43.6 Å². The topological polar surface area (TPSA) is 30.0 Å². The molecule has 2 nitrogen and oxygen atoms in total. The average Bonchev–Trinajstić information content (AvgIpc) is 2.44. The Morgan fingerprint density at radius 2 is 2.42 bits per heavy atom. The van der Waals surface area contributed by atoms with Crippen LogP contribution in [0.15, 0.2) is 22.1 Å². The van der Waals surface area contributed by atoms with Crippen LogP contribution in [0.1, 0.15) is 10.5 Å². The quantitative estimate of drug-likeness (QED) is 0.719. The van der Waals surface area contributed by atoms with E-state index in [9.17, 15) is 4.79 Å². The van der Waals surface area contributed by atoms with Gasteiger partial charge >= 0.3 is 0 Å². The van der Waals surface area contributed by atoms with Gasteiger partial charge in [0.1, 0.15) is 5.69 Å². The van der Waals surface area contributed by atoms with Crippen molar-refractivity contribution in [1.82, 2.24) is 4.98 Å². The molecule has 2 rings (SSSR count). The molecular formula is C8H4BrNOS. The highest BCUT2D eigenvalue weighted by atomic mass is 79.9. The van der Waals surface area contributed by atoms with E-state index in [4.69, 9.17) is 0 Å². The predicted molar refractivity (Wildman–Crippen MR) is 52.7 cm³/mol. The van der Waals surface area contributed by atoms with E-state index in [2.05, 4.69) is 20.9 Å². The maximum absolute atomic E-state index is 10.6. The number of hydrogen-bond donors (Lipinski definition) is 0. The lowest BCUT2D eigenvalue weighted by molar-refractivity contribution is 0.112. The minimum absolute atomic E-state index is 0.517. The Kier molecular flexibility index (Phi) is 1.94. The zero-order chi connectivity index (χ0) is 8.55. The van der Waals surface area contributed by atoms with Gasteiger partial charge in [0.15, 0.2) is 6.29 Å². The van der Waals surface area contributed by atoms with Crippen molar-refractivity contribution in [2.75, 3.05) is 0 Å². The van der Waals surface area contributed by atoms with Crippen LogP contribution in [0.4, 0.5) is 0 Å². The second-order valence-corrected chi connectivity index (χ2v) is 4.71. The third-order valence-corrected chi connectivity index (χ3v) is 3.22. The first kappa shape index (κ1) is 7.89. The number of rotatable bonds is 1. The highest BCUT2D eigenvalue weighted by Gasteiger charge is 2.04. The first-order valence-electron chi connectivity index (χ1n) is 3.30. The van der Waals surface area contributed by atoms with Crippen molar-refractivity contribution < 1.29 is 4.79 Å². The number of carbonyl (C=O) groups is 1. The molecule has 0 aromatic carbocycles. The number of thiophene rings is 1. The first-order valence-corrected chi connectivity index (χ1v) is 4.91. The molecule has 2 aromatic rings. The molecule has 12 heavy (non-hydrogen) atoms. The largest absolute Gasteiger partial charge is 0.296 e. The molecule has 0 aliphatic heterocycles. The van der Waals surface area contributed by atoms with Gasteiger partial charge in [-0.2, -0.15) is 0 Å². The average molecular weight is 242 g/mol. The van der Waals surface area contributed by atoms with Gasteiger partial charge in [-0.05, 0) is 33.4 Å². The monoisotopic (exact) mass is 241 g/mol. The van der Waals surface area contributed by atoms with Gasteiger partial charge < -0.3 is 0 Å². The van der Waals surface area contributed by atoms with Gasteiger partial charge in [0.05, 0.1) is 8.49 Å². The lowest BCUT2D eigenvalue weighted by Gasteiger charge is -1.89. The van der Waals surface area contributed by atoms with Gasteiger partial charge in [-0.1, -0.05) is 0 Å². The third-order valence-electron chi connectivity index (χ3n) is 1.54. The van der Waals surface area contributed by atoms with E-state index in [0.29, 0.717) is 5.69 Å². The van der Waals surface area contributed by atoms with Crippen LogP contribution in [0.5, 0.6) is 0 Å². The van der Waals surface area contributed by atoms with Crippen molar-refractivity contribution in [3.8, 4) is 0 Å². The Labute approximate surface area is 81.4 Å². The Balaban J connectivity index is 2.86. The molecule has 0 spiro atoms. The summed E-state index contributed by atoms with van der Waals surface area (Å²) in [6, 6.07) is 3.87. The van der Waals surface area contributed by atoms with Gasteiger partial charge in [0, 0.05) is 6.20 Å². The van der Waals surface area contributed by atoms with E-state index >= 15 is 0 Å². The Morgan fingerprint density at radius 3 is 3.17 bits per heavy atom. The summed E-state index contributed by atoms with van der Waals surface area (Å²) < 4.78 is 1.97. The number of carbonyl (C=O) groups excluding carboxylic acids is 1. The number of hydrogen-bond acceptors (Lipinski definition) is 3. The lowest BCUT2D eigenvalue weighted by Crippen LogP contribution is -1.83. The van der Waals surface area contributed by atoms with Crippen LogP contribution in [-0.2, 0) is 0 Å². The van der Waals surface area contributed by atoms with E-state index in [1.165, 1.54) is 11.3 Å². The summed E-state index contributed by atoms with van der Waals surface area (Å²) in [5.74, 6) is 0. The van der Waals surface area contributed by atoms with E-state index in [1.807, 2.05) is 12.1 Å². The molecule has 0 bridgehead atoms. The fourth-order valence-electron chi connectivity index (χ4n) is 1.04. The molecular weight excluding hydrogens is 238 g/mol. The molecule has 0 aliphatic rings. The smallest absolute Gasteiger partial charge is 0.169 e. The Bertz CT molecular complexity index is 438. The van der Waals surface area contributed by atoms with Crippen LogP contribution in [0.3, 0.4) is 0 Å². The summed E-state index contributed by atoms with van der Waals surface area (Å²) in [5, 5.41) is 1.06. The van der Waals surface area contributed by atoms with Crippen LogP contribution < -0.4 is 0 Å². The van der Waals surface area contributed by atoms with Crippen LogP contribution in [0.2, 0.25) is 0 Å². The molecule has 4 heteroatoms. The summed E-state index contributed by atoms with van der Waals surface area (Å²) in [4.78, 5) is 14.5. The fraction of sp³-hybridized carbons (Fsp3) is 0. The Hall–Kier alpha value is -0.740. The third kappa shape index (κ3) is 1.17. The number of nitrogens with zero attached hydrogens (tertiary/aromatic N) is 1. The number of halogens is 1. The van der Waals surface area contributed by atoms with Gasteiger partial charge in [0.25, 0.3) is 0 Å². The summed E-state index contributed by atoms with van der Waals surface area (Å²) in [6.07, 6.45) is 2.43. The Morgan fingerprint density at radius 1 is 1.58 bits per heavy atom. The van der Waals surface area contributed by atoms with Crippen LogP contribution in [0, 0.1) is 0 Å². The van der Waals surface area contributed by atoms with Gasteiger partial charge in [0.2, 0.25) is 0 Å². The summed E-state index contributed by atoms with van der Waals surface area (Å²) in [5.41, 5.74) is 0.517. The predicted octanol–water partition coefficient (Wildman–Crippen LogP) is 2.87. The fourth-order valence-corrected chi connectivity index (χ4v) is 2.60. The first-order chi connectivity index (χ1) is 5.81. The highest BCUT2D eigenvalue weighted by molar-refractivity contribution is 9.11. The zero-order valence-electron chi connectivity index (χ0n) is 5.95. The normalized spacial score (nSPS) is 10.4. The van der Waals surface area contributed by atoms with Crippen LogP contribution in [0.25, 0.3) is 10.1 Å². The zero-order valence-corrected chi connectivity index (χ0v) is 8.35. The van der Waals surface area contributed by atoms with Crippen LogP contribution in [-0.4, -0.2) is 11.3 Å². The molecule has 0 saturated heterocycles. The summed E-state index contributed by atoms with van der Waals surface area (Å²) in [7, 11) is 0. The minimum atomic E-state index is 0.517. The summed E-state index contributed by atoms with van der Waals surface area (Å²) >= 11 is 4.89. The van der Waals surface area contributed by atoms with E-state index < -0.39 is 0 Å². The molecule has 0 atom stereocenters. The number of pyridine rings is 1. The molecule has 60 valence electrons. The van der Waals surface area contributed by atoms with Gasteiger partial charge in [-0.3, -0.25) is 9.78 Å². The molecule has 0 saturated carbocycles. The second-order valence-electron chi connectivity index (χ2n) is 2.28. The maximum Gasteiger partial charge on any atom is 0.169 e. The van der Waals surface area contributed by atoms with E-state index in [1.54, 1.807) is 6.20 Å². The number of aldehydes is 1. The van der Waals surface area contributed by atoms with Crippen molar-refractivity contribution in [2.45, 2.75) is 0 Å². The van der Waals surface area contributed by atoms with E-state index in [-0.39, 0.29) is 0 Å². The molecule has 0 fully saturated rings. The van der Waals surface area contributed by atoms with Crippen molar-refractivity contribution in [3.63, 3.8) is 0 Å². The number of fused-ring (bicyclic) bond motifs is 1. The maximum atomic E-state index is 10.6. The molecule has 0 amide bonds. The van der Waals surface area contributed by atoms with Crippen molar-refractivity contribution in [3.05, 3.63) is 27.8 Å². The molecule has 0 unspecified atom stereocenters. The summed E-state index contributed by atoms with van der Waals surface area (Å²) in [6.45, 7) is 0.